The van der Waals surface area contributed by atoms with E-state index in [0.29, 0.717) is 50.8 Å². The van der Waals surface area contributed by atoms with Crippen molar-refractivity contribution in [1.82, 2.24) is 10.2 Å². The number of ether oxygens (including phenoxy) is 1. The summed E-state index contributed by atoms with van der Waals surface area (Å²) in [6.45, 7) is 3.24. The van der Waals surface area contributed by atoms with Crippen LogP contribution in [0.4, 0.5) is 0 Å². The second-order valence-corrected chi connectivity index (χ2v) is 8.32. The van der Waals surface area contributed by atoms with Crippen LogP contribution in [0.1, 0.15) is 39.0 Å². The van der Waals surface area contributed by atoms with Gasteiger partial charge in [-0.15, -0.1) is 11.8 Å². The van der Waals surface area contributed by atoms with Crippen LogP contribution in [0.25, 0.3) is 0 Å². The Balaban J connectivity index is 1.70. The number of carbonyl (C=O) groups is 3. The number of aliphatic hydroxyl groups excluding tert-OH is 2. The summed E-state index contributed by atoms with van der Waals surface area (Å²) in [6.07, 6.45) is 1.76. The zero-order chi connectivity index (χ0) is 20.5. The fourth-order valence-electron chi connectivity index (χ4n) is 3.35. The maximum Gasteiger partial charge on any atom is 0.306 e. The maximum atomic E-state index is 12.4. The first-order valence-electron chi connectivity index (χ1n) is 9.81. The standard InChI is InChI=1S/C19H30N2O6S/c1-2-27-15(22)12-13-6-9-21(10-7-13)19(26)17(24)16(23)18(25)20-8-5-14-4-3-11-28-14/h3,11,13-14,16-17,23-24H,2,4-10,12H2,1H3,(H,20,25)/t14?,16-,17-/m1/s1. The quantitative estimate of drug-likeness (QED) is 0.468. The number of aliphatic hydroxyl groups is 2. The predicted molar refractivity (Wildman–Crippen MR) is 105 cm³/mol. The number of hydrogen-bond acceptors (Lipinski definition) is 7. The van der Waals surface area contributed by atoms with Gasteiger partial charge in [0.2, 0.25) is 0 Å². The number of carbonyl (C=O) groups excluding carboxylic acids is 3. The molecule has 0 radical (unpaired) electrons. The van der Waals surface area contributed by atoms with Crippen molar-refractivity contribution in [1.29, 1.82) is 0 Å². The van der Waals surface area contributed by atoms with Crippen LogP contribution < -0.4 is 5.32 Å². The minimum absolute atomic E-state index is 0.136. The second kappa shape index (κ2) is 11.4. The van der Waals surface area contributed by atoms with Gasteiger partial charge in [0.1, 0.15) is 0 Å². The molecule has 2 rings (SSSR count). The Labute approximate surface area is 169 Å². The second-order valence-electron chi connectivity index (χ2n) is 7.11. The van der Waals surface area contributed by atoms with Gasteiger partial charge in [0, 0.05) is 31.3 Å². The average Bonchev–Trinajstić information content (AvgIpc) is 3.20. The van der Waals surface area contributed by atoms with Gasteiger partial charge >= 0.3 is 5.97 Å². The van der Waals surface area contributed by atoms with Crippen LogP contribution in [-0.2, 0) is 19.1 Å². The lowest BCUT2D eigenvalue weighted by Crippen LogP contribution is -2.52. The molecule has 0 aromatic carbocycles. The number of nitrogens with zero attached hydrogens (tertiary/aromatic N) is 1. The number of esters is 1. The van der Waals surface area contributed by atoms with Crippen molar-refractivity contribution in [2.75, 3.05) is 26.2 Å². The van der Waals surface area contributed by atoms with E-state index < -0.39 is 24.0 Å². The van der Waals surface area contributed by atoms with Crippen LogP contribution in [0, 0.1) is 5.92 Å². The fourth-order valence-corrected chi connectivity index (χ4v) is 4.28. The number of nitrogens with one attached hydrogen (secondary N) is 1. The molecule has 3 atom stereocenters. The van der Waals surface area contributed by atoms with Gasteiger partial charge < -0.3 is 25.2 Å². The molecule has 2 heterocycles. The molecule has 2 amide bonds. The minimum Gasteiger partial charge on any atom is -0.466 e. The lowest BCUT2D eigenvalue weighted by atomic mass is 9.93. The molecule has 8 nitrogen and oxygen atoms in total. The molecular formula is C19H30N2O6S. The molecule has 0 bridgehead atoms. The summed E-state index contributed by atoms with van der Waals surface area (Å²) in [5, 5.41) is 25.2. The van der Waals surface area contributed by atoms with Gasteiger partial charge in [-0.1, -0.05) is 6.08 Å². The molecule has 0 aromatic heterocycles. The summed E-state index contributed by atoms with van der Waals surface area (Å²) in [4.78, 5) is 37.4. The highest BCUT2D eigenvalue weighted by Gasteiger charge is 2.35. The monoisotopic (exact) mass is 414 g/mol. The normalized spacial score (nSPS) is 22.0. The van der Waals surface area contributed by atoms with Crippen molar-refractivity contribution in [3.63, 3.8) is 0 Å². The van der Waals surface area contributed by atoms with Crippen LogP contribution in [0.15, 0.2) is 11.5 Å². The highest BCUT2D eigenvalue weighted by molar-refractivity contribution is 8.03. The predicted octanol–water partition coefficient (Wildman–Crippen LogP) is 0.425. The van der Waals surface area contributed by atoms with E-state index in [2.05, 4.69) is 11.4 Å². The topological polar surface area (TPSA) is 116 Å². The highest BCUT2D eigenvalue weighted by Crippen LogP contribution is 2.26. The molecule has 0 saturated carbocycles. The summed E-state index contributed by atoms with van der Waals surface area (Å²) >= 11 is 1.71. The van der Waals surface area contributed by atoms with Crippen molar-refractivity contribution in [3.05, 3.63) is 11.5 Å². The van der Waals surface area contributed by atoms with Gasteiger partial charge in [0.25, 0.3) is 11.8 Å². The molecule has 28 heavy (non-hydrogen) atoms. The molecule has 0 aliphatic carbocycles. The summed E-state index contributed by atoms with van der Waals surface area (Å²) in [7, 11) is 0. The average molecular weight is 415 g/mol. The van der Waals surface area contributed by atoms with E-state index in [0.717, 1.165) is 12.8 Å². The number of piperidine rings is 1. The van der Waals surface area contributed by atoms with Gasteiger partial charge in [-0.2, -0.15) is 0 Å². The molecular weight excluding hydrogens is 384 g/mol. The third kappa shape index (κ3) is 6.79. The Morgan fingerprint density at radius 3 is 2.57 bits per heavy atom. The Kier molecular flexibility index (Phi) is 9.27. The lowest BCUT2D eigenvalue weighted by molar-refractivity contribution is -0.154. The van der Waals surface area contributed by atoms with Crippen molar-refractivity contribution in [3.8, 4) is 0 Å². The van der Waals surface area contributed by atoms with Crippen molar-refractivity contribution in [2.45, 2.75) is 56.5 Å². The van der Waals surface area contributed by atoms with Crippen LogP contribution in [-0.4, -0.2) is 76.6 Å². The third-order valence-corrected chi connectivity index (χ3v) is 6.20. The van der Waals surface area contributed by atoms with Crippen LogP contribution in [0.5, 0.6) is 0 Å². The van der Waals surface area contributed by atoms with E-state index in [1.54, 1.807) is 18.7 Å². The molecule has 3 N–H and O–H groups in total. The first-order chi connectivity index (χ1) is 13.4. The maximum absolute atomic E-state index is 12.4. The number of likely N-dealkylation sites (tertiary alicyclic amines) is 1. The fraction of sp³-hybridized carbons (Fsp3) is 0.737. The van der Waals surface area contributed by atoms with E-state index >= 15 is 0 Å². The zero-order valence-corrected chi connectivity index (χ0v) is 17.0. The molecule has 2 aliphatic rings. The van der Waals surface area contributed by atoms with Gasteiger partial charge in [-0.05, 0) is 43.9 Å². The SMILES string of the molecule is CCOC(=O)CC1CCN(C(=O)[C@H](O)[C@@H](O)C(=O)NCCC2CC=CS2)CC1. The van der Waals surface area contributed by atoms with E-state index in [9.17, 15) is 24.6 Å². The summed E-state index contributed by atoms with van der Waals surface area (Å²) in [5.41, 5.74) is 0. The molecule has 9 heteroatoms. The highest BCUT2D eigenvalue weighted by atomic mass is 32.2. The lowest BCUT2D eigenvalue weighted by Gasteiger charge is -2.33. The zero-order valence-electron chi connectivity index (χ0n) is 16.2. The number of amides is 2. The summed E-state index contributed by atoms with van der Waals surface area (Å²) in [5.74, 6) is -1.51. The minimum atomic E-state index is -1.79. The van der Waals surface area contributed by atoms with E-state index in [1.807, 2.05) is 5.41 Å². The molecule has 2 aliphatic heterocycles. The van der Waals surface area contributed by atoms with Crippen molar-refractivity contribution < 1.29 is 29.3 Å². The number of hydrogen-bond donors (Lipinski definition) is 3. The van der Waals surface area contributed by atoms with Crippen molar-refractivity contribution in [2.24, 2.45) is 5.92 Å². The van der Waals surface area contributed by atoms with Crippen LogP contribution in [0.2, 0.25) is 0 Å². The molecule has 158 valence electrons. The first kappa shape index (κ1) is 22.7. The van der Waals surface area contributed by atoms with Gasteiger partial charge in [-0.3, -0.25) is 14.4 Å². The Morgan fingerprint density at radius 1 is 1.25 bits per heavy atom. The summed E-state index contributed by atoms with van der Waals surface area (Å²) in [6, 6.07) is 0. The molecule has 0 aromatic rings. The summed E-state index contributed by atoms with van der Waals surface area (Å²) < 4.78 is 4.94. The van der Waals surface area contributed by atoms with E-state index in [-0.39, 0.29) is 11.9 Å². The Hall–Kier alpha value is -1.58. The van der Waals surface area contributed by atoms with Crippen LogP contribution in [0.3, 0.4) is 0 Å². The van der Waals surface area contributed by atoms with Gasteiger partial charge in [0.15, 0.2) is 12.2 Å². The number of thioether (sulfide) groups is 1. The van der Waals surface area contributed by atoms with Crippen molar-refractivity contribution >= 4 is 29.5 Å². The Bertz CT molecular complexity index is 569. The molecule has 0 spiro atoms. The smallest absolute Gasteiger partial charge is 0.306 e. The largest absolute Gasteiger partial charge is 0.466 e. The van der Waals surface area contributed by atoms with E-state index in [1.165, 1.54) is 4.90 Å². The molecule has 1 saturated heterocycles. The third-order valence-electron chi connectivity index (χ3n) is 5.04. The van der Waals surface area contributed by atoms with Gasteiger partial charge in [-0.25, -0.2) is 0 Å². The van der Waals surface area contributed by atoms with Crippen LogP contribution >= 0.6 is 11.8 Å². The number of allylic oxidation sites excluding steroid dienone is 1. The number of rotatable bonds is 9. The first-order valence-corrected chi connectivity index (χ1v) is 10.7. The van der Waals surface area contributed by atoms with Gasteiger partial charge in [0.05, 0.1) is 6.61 Å². The molecule has 1 fully saturated rings. The van der Waals surface area contributed by atoms with E-state index in [4.69, 9.17) is 4.74 Å². The molecule has 1 unspecified atom stereocenters. The Morgan fingerprint density at radius 2 is 1.96 bits per heavy atom.